The summed E-state index contributed by atoms with van der Waals surface area (Å²) < 4.78 is 7.59. The van der Waals surface area contributed by atoms with Crippen molar-refractivity contribution in [3.63, 3.8) is 0 Å². The van der Waals surface area contributed by atoms with Crippen LogP contribution in [-0.2, 0) is 11.8 Å². The summed E-state index contributed by atoms with van der Waals surface area (Å²) in [7, 11) is 1.91. The van der Waals surface area contributed by atoms with E-state index in [1.165, 1.54) is 12.4 Å². The molecule has 8 nitrogen and oxygen atoms in total. The van der Waals surface area contributed by atoms with Gasteiger partial charge in [-0.25, -0.2) is 9.78 Å². The highest BCUT2D eigenvalue weighted by molar-refractivity contribution is 5.89. The second-order valence-corrected chi connectivity index (χ2v) is 4.81. The van der Waals surface area contributed by atoms with E-state index in [4.69, 9.17) is 4.74 Å². The van der Waals surface area contributed by atoms with Crippen LogP contribution in [-0.4, -0.2) is 38.4 Å². The zero-order chi connectivity index (χ0) is 14.7. The number of anilines is 1. The number of carbonyl (C=O) groups is 1. The van der Waals surface area contributed by atoms with Crippen LogP contribution >= 0.6 is 0 Å². The fraction of sp³-hybridized carbons (Fsp3) is 0.385. The lowest BCUT2D eigenvalue weighted by Crippen LogP contribution is -2.40. The number of amides is 2. The van der Waals surface area contributed by atoms with Crippen molar-refractivity contribution in [1.82, 2.24) is 25.1 Å². The van der Waals surface area contributed by atoms with Gasteiger partial charge in [0.1, 0.15) is 11.9 Å². The van der Waals surface area contributed by atoms with Crippen LogP contribution in [0.3, 0.4) is 0 Å². The van der Waals surface area contributed by atoms with Crippen LogP contribution in [0.4, 0.5) is 10.5 Å². The van der Waals surface area contributed by atoms with Crippen LogP contribution in [0.25, 0.3) is 0 Å². The largest absolute Gasteiger partial charge is 0.368 e. The third-order valence-electron chi connectivity index (χ3n) is 3.36. The Morgan fingerprint density at radius 1 is 1.43 bits per heavy atom. The van der Waals surface area contributed by atoms with E-state index in [1.807, 2.05) is 17.8 Å². The monoisotopic (exact) mass is 288 g/mol. The topological polar surface area (TPSA) is 94.0 Å². The fourth-order valence-electron chi connectivity index (χ4n) is 2.34. The number of aryl methyl sites for hydroxylation is 1. The number of aromatic nitrogens is 4. The molecule has 3 heterocycles. The van der Waals surface area contributed by atoms with Crippen molar-refractivity contribution in [2.75, 3.05) is 11.9 Å². The van der Waals surface area contributed by atoms with Gasteiger partial charge in [-0.15, -0.1) is 0 Å². The highest BCUT2D eigenvalue weighted by atomic mass is 16.5. The van der Waals surface area contributed by atoms with E-state index in [2.05, 4.69) is 25.8 Å². The molecule has 0 unspecified atom stereocenters. The molecule has 1 aliphatic heterocycles. The molecule has 0 spiro atoms. The Labute approximate surface area is 121 Å². The maximum absolute atomic E-state index is 12.0. The average Bonchev–Trinajstić information content (AvgIpc) is 3.08. The minimum absolute atomic E-state index is 0.110. The minimum atomic E-state index is -0.294. The van der Waals surface area contributed by atoms with E-state index in [-0.39, 0.29) is 18.2 Å². The van der Waals surface area contributed by atoms with Crippen LogP contribution in [0.2, 0.25) is 0 Å². The van der Waals surface area contributed by atoms with Crippen molar-refractivity contribution in [3.05, 3.63) is 36.7 Å². The third kappa shape index (κ3) is 3.00. The third-order valence-corrected chi connectivity index (χ3v) is 3.36. The van der Waals surface area contributed by atoms with Crippen molar-refractivity contribution in [3.8, 4) is 0 Å². The van der Waals surface area contributed by atoms with Gasteiger partial charge in [-0.1, -0.05) is 0 Å². The number of ether oxygens (including phenoxy) is 1. The van der Waals surface area contributed by atoms with Gasteiger partial charge in [0, 0.05) is 26.0 Å². The molecule has 0 aromatic carbocycles. The number of hydrogen-bond acceptors (Lipinski definition) is 5. The predicted octanol–water partition coefficient (Wildman–Crippen LogP) is 0.862. The van der Waals surface area contributed by atoms with Crippen LogP contribution in [0, 0.1) is 0 Å². The fourth-order valence-corrected chi connectivity index (χ4v) is 2.34. The van der Waals surface area contributed by atoms with E-state index in [9.17, 15) is 4.79 Å². The van der Waals surface area contributed by atoms with E-state index in [1.54, 1.807) is 12.3 Å². The number of nitrogens with one attached hydrogen (secondary N) is 2. The molecule has 2 amide bonds. The number of carbonyl (C=O) groups excluding carboxylic acids is 1. The first-order chi connectivity index (χ1) is 10.2. The van der Waals surface area contributed by atoms with Gasteiger partial charge in [0.15, 0.2) is 0 Å². The summed E-state index contributed by atoms with van der Waals surface area (Å²) in [6.45, 7) is 0.597. The Morgan fingerprint density at radius 3 is 3.05 bits per heavy atom. The van der Waals surface area contributed by atoms with E-state index in [0.717, 1.165) is 12.2 Å². The summed E-state index contributed by atoms with van der Waals surface area (Å²) in [4.78, 5) is 16.3. The molecule has 2 N–H and O–H groups in total. The Morgan fingerprint density at radius 2 is 2.33 bits per heavy atom. The summed E-state index contributed by atoms with van der Waals surface area (Å²) in [5.41, 5.74) is 0.593. The van der Waals surface area contributed by atoms with E-state index >= 15 is 0 Å². The van der Waals surface area contributed by atoms with Crippen molar-refractivity contribution in [2.45, 2.75) is 18.6 Å². The zero-order valence-electron chi connectivity index (χ0n) is 11.6. The van der Waals surface area contributed by atoms with Gasteiger partial charge in [0.2, 0.25) is 0 Å². The van der Waals surface area contributed by atoms with E-state index < -0.39 is 0 Å². The lowest BCUT2D eigenvalue weighted by molar-refractivity contribution is 0.0913. The summed E-state index contributed by atoms with van der Waals surface area (Å²) in [5.74, 6) is 0.809. The minimum Gasteiger partial charge on any atom is -0.368 e. The Balaban J connectivity index is 1.64. The number of imidazole rings is 1. The molecule has 0 bridgehead atoms. The second kappa shape index (κ2) is 5.88. The molecule has 1 saturated heterocycles. The van der Waals surface area contributed by atoms with Gasteiger partial charge in [-0.2, -0.15) is 10.2 Å². The lowest BCUT2D eigenvalue weighted by atomic mass is 10.1. The number of rotatable bonds is 3. The molecule has 110 valence electrons. The first-order valence-electron chi connectivity index (χ1n) is 6.67. The first kappa shape index (κ1) is 13.5. The van der Waals surface area contributed by atoms with E-state index in [0.29, 0.717) is 12.3 Å². The molecule has 1 aliphatic rings. The molecule has 2 aromatic rings. The first-order valence-corrected chi connectivity index (χ1v) is 6.67. The standard InChI is InChI=1S/C13H16N6O2/c1-19-6-5-14-12(19)11-10(3-7-21-11)18-13(20)17-9-2-4-15-16-8-9/h2,4-6,8,10-11H,3,7H2,1H3,(H2,15,17,18,20)/t10-,11-/m1/s1. The normalized spacial score (nSPS) is 21.2. The van der Waals surface area contributed by atoms with Crippen molar-refractivity contribution < 1.29 is 9.53 Å². The average molecular weight is 288 g/mol. The maximum Gasteiger partial charge on any atom is 0.319 e. The molecular weight excluding hydrogens is 272 g/mol. The van der Waals surface area contributed by atoms with Gasteiger partial charge in [0.05, 0.1) is 24.1 Å². The zero-order valence-corrected chi connectivity index (χ0v) is 11.6. The molecule has 21 heavy (non-hydrogen) atoms. The molecule has 8 heteroatoms. The molecule has 2 aromatic heterocycles. The quantitative estimate of drug-likeness (QED) is 0.873. The van der Waals surface area contributed by atoms with Crippen LogP contribution in [0.15, 0.2) is 30.9 Å². The number of nitrogens with zero attached hydrogens (tertiary/aromatic N) is 4. The van der Waals surface area contributed by atoms with Crippen molar-refractivity contribution in [2.24, 2.45) is 7.05 Å². The highest BCUT2D eigenvalue weighted by Gasteiger charge is 2.33. The van der Waals surface area contributed by atoms with Crippen LogP contribution < -0.4 is 10.6 Å². The lowest BCUT2D eigenvalue weighted by Gasteiger charge is -2.19. The molecule has 0 radical (unpaired) electrons. The number of hydrogen-bond donors (Lipinski definition) is 2. The molecule has 3 rings (SSSR count). The van der Waals surface area contributed by atoms with Crippen molar-refractivity contribution >= 4 is 11.7 Å². The molecule has 0 aliphatic carbocycles. The van der Waals surface area contributed by atoms with Crippen LogP contribution in [0.5, 0.6) is 0 Å². The van der Waals surface area contributed by atoms with Gasteiger partial charge < -0.3 is 19.9 Å². The van der Waals surface area contributed by atoms with Crippen LogP contribution in [0.1, 0.15) is 18.3 Å². The predicted molar refractivity (Wildman–Crippen MR) is 74.5 cm³/mol. The summed E-state index contributed by atoms with van der Waals surface area (Å²) in [5, 5.41) is 13.0. The SMILES string of the molecule is Cn1ccnc1[C@@H]1OCC[C@H]1NC(=O)Nc1ccnnc1. The smallest absolute Gasteiger partial charge is 0.319 e. The summed E-state index contributed by atoms with van der Waals surface area (Å²) >= 11 is 0. The molecule has 1 fully saturated rings. The van der Waals surface area contributed by atoms with Gasteiger partial charge in [0.25, 0.3) is 0 Å². The van der Waals surface area contributed by atoms with Gasteiger partial charge in [-0.05, 0) is 12.5 Å². The molecule has 0 saturated carbocycles. The molecule has 2 atom stereocenters. The summed E-state index contributed by atoms with van der Waals surface area (Å²) in [6, 6.07) is 1.27. The van der Waals surface area contributed by atoms with Gasteiger partial charge in [-0.3, -0.25) is 0 Å². The summed E-state index contributed by atoms with van der Waals surface area (Å²) in [6.07, 6.45) is 7.10. The second-order valence-electron chi connectivity index (χ2n) is 4.81. The van der Waals surface area contributed by atoms with Crippen molar-refractivity contribution in [1.29, 1.82) is 0 Å². The Kier molecular flexibility index (Phi) is 3.78. The molecular formula is C13H16N6O2. The Hall–Kier alpha value is -2.48. The van der Waals surface area contributed by atoms with Gasteiger partial charge >= 0.3 is 6.03 Å². The Bertz CT molecular complexity index is 614. The number of urea groups is 1. The maximum atomic E-state index is 12.0. The highest BCUT2D eigenvalue weighted by Crippen LogP contribution is 2.27.